The molecule has 1 aromatic rings. The number of likely N-dealkylation sites (tertiary alicyclic amines) is 1. The van der Waals surface area contributed by atoms with E-state index in [1.807, 2.05) is 0 Å². The molecule has 2 heterocycles. The van der Waals surface area contributed by atoms with Crippen LogP contribution in [0.15, 0.2) is 12.3 Å². The number of piperidine rings is 1. The van der Waals surface area contributed by atoms with Gasteiger partial charge in [0.05, 0.1) is 11.6 Å². The molecule has 1 saturated heterocycles. The molecular formula is C17H21F3N2O3. The number of alkyl halides is 3. The molecule has 1 atom stereocenters. The van der Waals surface area contributed by atoms with Crippen LogP contribution in [0.3, 0.4) is 0 Å². The molecule has 1 fully saturated rings. The number of pyridine rings is 1. The minimum atomic E-state index is -4.69. The molecule has 1 aliphatic heterocycles. The third-order valence-electron chi connectivity index (χ3n) is 3.87. The number of aldehydes is 1. The van der Waals surface area contributed by atoms with Crippen LogP contribution in [0.5, 0.6) is 0 Å². The summed E-state index contributed by atoms with van der Waals surface area (Å²) in [6, 6.07) is 0.349. The molecule has 1 aromatic heterocycles. The summed E-state index contributed by atoms with van der Waals surface area (Å²) in [7, 11) is 0. The lowest BCUT2D eigenvalue weighted by molar-refractivity contribution is -0.138. The van der Waals surface area contributed by atoms with Gasteiger partial charge in [-0.2, -0.15) is 13.2 Å². The first-order valence-electron chi connectivity index (χ1n) is 8.05. The van der Waals surface area contributed by atoms with Crippen LogP contribution in [0.1, 0.15) is 67.7 Å². The van der Waals surface area contributed by atoms with Crippen molar-refractivity contribution in [2.45, 2.75) is 57.9 Å². The van der Waals surface area contributed by atoms with Gasteiger partial charge in [-0.25, -0.2) is 4.79 Å². The van der Waals surface area contributed by atoms with Crippen LogP contribution >= 0.6 is 0 Å². The number of aromatic nitrogens is 1. The normalized spacial score (nSPS) is 18.8. The van der Waals surface area contributed by atoms with Crippen LogP contribution in [0.25, 0.3) is 0 Å². The van der Waals surface area contributed by atoms with Gasteiger partial charge in [0.25, 0.3) is 0 Å². The van der Waals surface area contributed by atoms with Crippen LogP contribution in [0.2, 0.25) is 0 Å². The fourth-order valence-corrected chi connectivity index (χ4v) is 2.81. The molecule has 138 valence electrons. The fraction of sp³-hybridized carbons (Fsp3) is 0.588. The summed E-state index contributed by atoms with van der Waals surface area (Å²) in [4.78, 5) is 28.3. The molecule has 0 aliphatic carbocycles. The Labute approximate surface area is 144 Å². The maximum Gasteiger partial charge on any atom is 0.418 e. The lowest BCUT2D eigenvalue weighted by Gasteiger charge is -2.37. The van der Waals surface area contributed by atoms with Crippen molar-refractivity contribution < 1.29 is 27.5 Å². The number of rotatable bonds is 2. The van der Waals surface area contributed by atoms with Gasteiger partial charge in [-0.15, -0.1) is 0 Å². The lowest BCUT2D eigenvalue weighted by Crippen LogP contribution is -2.42. The molecular weight excluding hydrogens is 337 g/mol. The average Bonchev–Trinajstić information content (AvgIpc) is 2.52. The van der Waals surface area contributed by atoms with E-state index >= 15 is 0 Å². The van der Waals surface area contributed by atoms with Crippen molar-refractivity contribution in [3.05, 3.63) is 29.1 Å². The van der Waals surface area contributed by atoms with Crippen LogP contribution in [0, 0.1) is 0 Å². The highest BCUT2D eigenvalue weighted by atomic mass is 19.4. The zero-order chi connectivity index (χ0) is 18.8. The Balaban J connectivity index is 2.37. The van der Waals surface area contributed by atoms with Crippen molar-refractivity contribution >= 4 is 12.4 Å². The maximum atomic E-state index is 13.2. The molecule has 8 heteroatoms. The van der Waals surface area contributed by atoms with Crippen molar-refractivity contribution in [3.8, 4) is 0 Å². The second-order valence-electron chi connectivity index (χ2n) is 7.00. The first-order chi connectivity index (χ1) is 11.5. The Morgan fingerprint density at radius 1 is 1.32 bits per heavy atom. The van der Waals surface area contributed by atoms with Gasteiger partial charge < -0.3 is 9.64 Å². The van der Waals surface area contributed by atoms with E-state index in [1.165, 1.54) is 11.1 Å². The molecule has 25 heavy (non-hydrogen) atoms. The summed E-state index contributed by atoms with van der Waals surface area (Å²) >= 11 is 0. The number of carbonyl (C=O) groups is 2. The molecule has 0 saturated carbocycles. The van der Waals surface area contributed by atoms with E-state index in [0.29, 0.717) is 13.0 Å². The van der Waals surface area contributed by atoms with E-state index in [4.69, 9.17) is 4.74 Å². The molecule has 0 aromatic carbocycles. The molecule has 2 rings (SSSR count). The van der Waals surface area contributed by atoms with Gasteiger partial charge in [0.1, 0.15) is 11.3 Å². The Kier molecular flexibility index (Phi) is 5.39. The van der Waals surface area contributed by atoms with E-state index in [0.717, 1.165) is 18.9 Å². The Morgan fingerprint density at radius 3 is 2.56 bits per heavy atom. The van der Waals surface area contributed by atoms with Crippen LogP contribution in [-0.4, -0.2) is 34.4 Å². The van der Waals surface area contributed by atoms with Gasteiger partial charge in [-0.05, 0) is 51.7 Å². The second-order valence-corrected chi connectivity index (χ2v) is 7.00. The zero-order valence-corrected chi connectivity index (χ0v) is 14.4. The largest absolute Gasteiger partial charge is 0.444 e. The number of ether oxygens (including phenoxy) is 1. The quantitative estimate of drug-likeness (QED) is 0.737. The third-order valence-corrected chi connectivity index (χ3v) is 3.87. The summed E-state index contributed by atoms with van der Waals surface area (Å²) < 4.78 is 44.8. The fourth-order valence-electron chi connectivity index (χ4n) is 2.81. The lowest BCUT2D eigenvalue weighted by atomic mass is 9.95. The highest BCUT2D eigenvalue weighted by molar-refractivity contribution is 5.75. The van der Waals surface area contributed by atoms with Crippen LogP contribution in [0.4, 0.5) is 18.0 Å². The predicted molar refractivity (Wildman–Crippen MR) is 84.2 cm³/mol. The Hall–Kier alpha value is -2.12. The van der Waals surface area contributed by atoms with Crippen molar-refractivity contribution in [3.63, 3.8) is 0 Å². The number of carbonyl (C=O) groups excluding carboxylic acids is 2. The number of amides is 1. The van der Waals surface area contributed by atoms with E-state index < -0.39 is 35.2 Å². The molecule has 0 spiro atoms. The first kappa shape index (κ1) is 19.2. The maximum absolute atomic E-state index is 13.2. The third kappa shape index (κ3) is 4.70. The number of halogens is 3. The van der Waals surface area contributed by atoms with E-state index in [9.17, 15) is 22.8 Å². The van der Waals surface area contributed by atoms with Gasteiger partial charge in [-0.3, -0.25) is 9.78 Å². The standard InChI is InChI=1S/C17H21F3N2O3/c1-16(2,3)25-15(24)22-7-5-4-6-14(22)11-8-12(17(18,19)20)13(10-23)21-9-11/h8-10,14H,4-7H2,1-3H3. The van der Waals surface area contributed by atoms with Crippen LogP contribution < -0.4 is 0 Å². The summed E-state index contributed by atoms with van der Waals surface area (Å²) in [6.07, 6.45) is -1.90. The molecule has 0 bridgehead atoms. The highest BCUT2D eigenvalue weighted by Gasteiger charge is 2.37. The van der Waals surface area contributed by atoms with E-state index in [1.54, 1.807) is 20.8 Å². The van der Waals surface area contributed by atoms with E-state index in [2.05, 4.69) is 4.98 Å². The molecule has 1 unspecified atom stereocenters. The second kappa shape index (κ2) is 7.01. The van der Waals surface area contributed by atoms with Gasteiger partial charge in [0.15, 0.2) is 6.29 Å². The summed E-state index contributed by atoms with van der Waals surface area (Å²) in [5.74, 6) is 0. The first-order valence-corrected chi connectivity index (χ1v) is 8.05. The SMILES string of the molecule is CC(C)(C)OC(=O)N1CCCCC1c1cnc(C=O)c(C(F)(F)F)c1. The molecule has 5 nitrogen and oxygen atoms in total. The molecule has 1 aliphatic rings. The summed E-state index contributed by atoms with van der Waals surface area (Å²) in [5, 5.41) is 0. The van der Waals surface area contributed by atoms with Crippen molar-refractivity contribution in [2.75, 3.05) is 6.54 Å². The zero-order valence-electron chi connectivity index (χ0n) is 14.4. The highest BCUT2D eigenvalue weighted by Crippen LogP contribution is 2.36. The van der Waals surface area contributed by atoms with Gasteiger partial charge in [0.2, 0.25) is 0 Å². The van der Waals surface area contributed by atoms with Gasteiger partial charge in [0, 0.05) is 12.7 Å². The monoisotopic (exact) mass is 358 g/mol. The number of hydrogen-bond donors (Lipinski definition) is 0. The van der Waals surface area contributed by atoms with Crippen molar-refractivity contribution in [1.29, 1.82) is 0 Å². The van der Waals surface area contributed by atoms with Crippen molar-refractivity contribution in [2.24, 2.45) is 0 Å². The number of hydrogen-bond acceptors (Lipinski definition) is 4. The predicted octanol–water partition coefficient (Wildman–Crippen LogP) is 4.38. The summed E-state index contributed by atoms with van der Waals surface area (Å²) in [5.41, 5.74) is -2.19. The van der Waals surface area contributed by atoms with Gasteiger partial charge >= 0.3 is 12.3 Å². The Morgan fingerprint density at radius 2 is 2.00 bits per heavy atom. The minimum Gasteiger partial charge on any atom is -0.444 e. The molecule has 1 amide bonds. The van der Waals surface area contributed by atoms with E-state index in [-0.39, 0.29) is 11.8 Å². The van der Waals surface area contributed by atoms with Crippen molar-refractivity contribution in [1.82, 2.24) is 9.88 Å². The van der Waals surface area contributed by atoms with Gasteiger partial charge in [-0.1, -0.05) is 0 Å². The molecule has 0 radical (unpaired) electrons. The van der Waals surface area contributed by atoms with Crippen LogP contribution in [-0.2, 0) is 10.9 Å². The average molecular weight is 358 g/mol. The topological polar surface area (TPSA) is 59.5 Å². The molecule has 0 N–H and O–H groups in total. The summed E-state index contributed by atoms with van der Waals surface area (Å²) in [6.45, 7) is 5.58. The Bertz CT molecular complexity index is 654. The minimum absolute atomic E-state index is 0.0824. The number of nitrogens with zero attached hydrogens (tertiary/aromatic N) is 2. The smallest absolute Gasteiger partial charge is 0.418 e.